The highest BCUT2D eigenvalue weighted by atomic mass is 16.7. The second-order valence-electron chi connectivity index (χ2n) is 6.00. The van der Waals surface area contributed by atoms with Crippen molar-refractivity contribution < 1.29 is 42.8 Å². The van der Waals surface area contributed by atoms with Crippen LogP contribution >= 0.6 is 0 Å². The van der Waals surface area contributed by atoms with Gasteiger partial charge in [-0.05, 0) is 12.8 Å². The summed E-state index contributed by atoms with van der Waals surface area (Å²) in [6.45, 7) is 7.53. The van der Waals surface area contributed by atoms with Crippen LogP contribution in [-0.4, -0.2) is 68.9 Å². The van der Waals surface area contributed by atoms with E-state index in [1.54, 1.807) is 6.08 Å². The topological polar surface area (TPSA) is 107 Å². The fourth-order valence-corrected chi connectivity index (χ4v) is 2.70. The van der Waals surface area contributed by atoms with E-state index in [0.717, 1.165) is 6.42 Å². The van der Waals surface area contributed by atoms with Gasteiger partial charge in [0, 0.05) is 27.9 Å². The molecule has 27 heavy (non-hydrogen) atoms. The van der Waals surface area contributed by atoms with E-state index < -0.39 is 48.6 Å². The van der Waals surface area contributed by atoms with Crippen LogP contribution in [0, 0.1) is 0 Å². The molecule has 1 saturated heterocycles. The summed E-state index contributed by atoms with van der Waals surface area (Å²) in [5.74, 6) is -1.67. The molecule has 154 valence electrons. The maximum Gasteiger partial charge on any atom is 0.303 e. The first kappa shape index (κ1) is 23.1. The number of ether oxygens (including phenoxy) is 6. The van der Waals surface area contributed by atoms with Gasteiger partial charge in [-0.25, -0.2) is 0 Å². The van der Waals surface area contributed by atoms with Crippen LogP contribution in [0.3, 0.4) is 0 Å². The van der Waals surface area contributed by atoms with Crippen LogP contribution in [0.4, 0.5) is 0 Å². The van der Waals surface area contributed by atoms with Gasteiger partial charge in [0.1, 0.15) is 18.8 Å². The summed E-state index contributed by atoms with van der Waals surface area (Å²) >= 11 is 0. The van der Waals surface area contributed by atoms with Crippen molar-refractivity contribution in [2.24, 2.45) is 0 Å². The number of esters is 3. The number of carbonyl (C=O) groups is 3. The fourth-order valence-electron chi connectivity index (χ4n) is 2.70. The molecule has 1 rings (SSSR count). The Labute approximate surface area is 158 Å². The van der Waals surface area contributed by atoms with Crippen LogP contribution in [0.25, 0.3) is 0 Å². The molecule has 0 aliphatic carbocycles. The maximum absolute atomic E-state index is 11.6. The fraction of sp³-hybridized carbons (Fsp3) is 0.722. The SMILES string of the molecule is C=CCCCO[C@@H]1OC(COC(C)=O)C(OC)C(OC(C)=O)C1OC(C)=O. The van der Waals surface area contributed by atoms with Gasteiger partial charge in [-0.1, -0.05) is 6.08 Å². The van der Waals surface area contributed by atoms with Gasteiger partial charge in [0.15, 0.2) is 18.5 Å². The Kier molecular flexibility index (Phi) is 9.98. The van der Waals surface area contributed by atoms with Gasteiger partial charge in [-0.2, -0.15) is 0 Å². The molecule has 0 N–H and O–H groups in total. The molecule has 0 aromatic carbocycles. The maximum atomic E-state index is 11.6. The Morgan fingerprint density at radius 1 is 1.00 bits per heavy atom. The van der Waals surface area contributed by atoms with Gasteiger partial charge in [0.25, 0.3) is 0 Å². The molecular weight excluding hydrogens is 360 g/mol. The van der Waals surface area contributed by atoms with E-state index in [4.69, 9.17) is 28.4 Å². The van der Waals surface area contributed by atoms with Crippen molar-refractivity contribution in [3.05, 3.63) is 12.7 Å². The highest BCUT2D eigenvalue weighted by Crippen LogP contribution is 2.29. The summed E-state index contributed by atoms with van der Waals surface area (Å²) < 4.78 is 32.6. The Morgan fingerprint density at radius 3 is 2.15 bits per heavy atom. The third kappa shape index (κ3) is 7.66. The molecule has 9 heteroatoms. The van der Waals surface area contributed by atoms with Gasteiger partial charge in [0.2, 0.25) is 0 Å². The van der Waals surface area contributed by atoms with Gasteiger partial charge >= 0.3 is 17.9 Å². The number of allylic oxidation sites excluding steroid dienone is 1. The Hall–Kier alpha value is -1.97. The summed E-state index contributed by atoms with van der Waals surface area (Å²) in [4.78, 5) is 34.3. The minimum atomic E-state index is -1.03. The lowest BCUT2D eigenvalue weighted by atomic mass is 9.98. The molecule has 0 aromatic heterocycles. The third-order valence-corrected chi connectivity index (χ3v) is 3.75. The number of hydrogen-bond acceptors (Lipinski definition) is 9. The van der Waals surface area contributed by atoms with Crippen molar-refractivity contribution in [2.45, 2.75) is 64.3 Å². The van der Waals surface area contributed by atoms with Gasteiger partial charge in [-0.15, -0.1) is 6.58 Å². The summed E-state index contributed by atoms with van der Waals surface area (Å²) in [5, 5.41) is 0. The molecule has 0 saturated carbocycles. The van der Waals surface area contributed by atoms with Crippen LogP contribution in [0.5, 0.6) is 0 Å². The zero-order valence-corrected chi connectivity index (χ0v) is 16.2. The first-order valence-corrected chi connectivity index (χ1v) is 8.68. The summed E-state index contributed by atoms with van der Waals surface area (Å²) in [6, 6.07) is 0. The van der Waals surface area contributed by atoms with Crippen molar-refractivity contribution in [3.63, 3.8) is 0 Å². The van der Waals surface area contributed by atoms with Crippen LogP contribution in [-0.2, 0) is 42.8 Å². The monoisotopic (exact) mass is 388 g/mol. The second kappa shape index (κ2) is 11.7. The van der Waals surface area contributed by atoms with Crippen molar-refractivity contribution in [3.8, 4) is 0 Å². The van der Waals surface area contributed by atoms with Crippen molar-refractivity contribution in [2.75, 3.05) is 20.3 Å². The van der Waals surface area contributed by atoms with Gasteiger partial charge < -0.3 is 28.4 Å². The zero-order valence-electron chi connectivity index (χ0n) is 16.2. The van der Waals surface area contributed by atoms with E-state index in [1.165, 1.54) is 27.9 Å². The molecule has 9 nitrogen and oxygen atoms in total. The van der Waals surface area contributed by atoms with Crippen molar-refractivity contribution in [1.29, 1.82) is 0 Å². The van der Waals surface area contributed by atoms with E-state index in [1.807, 2.05) is 0 Å². The lowest BCUT2D eigenvalue weighted by molar-refractivity contribution is -0.309. The molecular formula is C18H28O9. The highest BCUT2D eigenvalue weighted by molar-refractivity contribution is 5.67. The zero-order chi connectivity index (χ0) is 20.4. The van der Waals surface area contributed by atoms with Crippen LogP contribution in [0.1, 0.15) is 33.6 Å². The number of unbranched alkanes of at least 4 members (excludes halogenated alkanes) is 1. The molecule has 4 unspecified atom stereocenters. The first-order valence-electron chi connectivity index (χ1n) is 8.68. The summed E-state index contributed by atoms with van der Waals surface area (Å²) in [6.07, 6.45) is -1.49. The van der Waals surface area contributed by atoms with Crippen molar-refractivity contribution in [1.82, 2.24) is 0 Å². The Balaban J connectivity index is 3.05. The second-order valence-corrected chi connectivity index (χ2v) is 6.00. The number of hydrogen-bond donors (Lipinski definition) is 0. The van der Waals surface area contributed by atoms with Gasteiger partial charge in [0.05, 0.1) is 6.61 Å². The van der Waals surface area contributed by atoms with Crippen LogP contribution < -0.4 is 0 Å². The number of carbonyl (C=O) groups excluding carboxylic acids is 3. The minimum absolute atomic E-state index is 0.134. The van der Waals surface area contributed by atoms with E-state index in [9.17, 15) is 14.4 Å². The molecule has 0 amide bonds. The predicted molar refractivity (Wildman–Crippen MR) is 92.6 cm³/mol. The lowest BCUT2D eigenvalue weighted by Crippen LogP contribution is -2.62. The normalized spacial score (nSPS) is 27.5. The molecule has 0 spiro atoms. The Bertz CT molecular complexity index is 519. The lowest BCUT2D eigenvalue weighted by Gasteiger charge is -2.44. The van der Waals surface area contributed by atoms with Crippen LogP contribution in [0.2, 0.25) is 0 Å². The highest BCUT2D eigenvalue weighted by Gasteiger charge is 2.51. The molecule has 1 fully saturated rings. The minimum Gasteiger partial charge on any atom is -0.463 e. The predicted octanol–water partition coefficient (Wildman–Crippen LogP) is 1.14. The van der Waals surface area contributed by atoms with E-state index in [-0.39, 0.29) is 6.61 Å². The summed E-state index contributed by atoms with van der Waals surface area (Å²) in [7, 11) is 1.39. The molecule has 5 atom stereocenters. The Morgan fingerprint density at radius 2 is 1.63 bits per heavy atom. The van der Waals surface area contributed by atoms with Gasteiger partial charge in [-0.3, -0.25) is 14.4 Å². The number of methoxy groups -OCH3 is 1. The van der Waals surface area contributed by atoms with E-state index >= 15 is 0 Å². The van der Waals surface area contributed by atoms with Crippen molar-refractivity contribution >= 4 is 17.9 Å². The molecule has 0 radical (unpaired) electrons. The molecule has 0 aromatic rings. The van der Waals surface area contributed by atoms with Crippen LogP contribution in [0.15, 0.2) is 12.7 Å². The van der Waals surface area contributed by atoms with E-state index in [0.29, 0.717) is 13.0 Å². The largest absolute Gasteiger partial charge is 0.463 e. The standard InChI is InChI=1S/C18H28O9/c1-6-7-8-9-23-18-17(26-13(4)21)16(25-12(3)20)15(22-5)14(27-18)10-24-11(2)19/h6,14-18H,1,7-10H2,2-5H3/t14?,15?,16?,17?,18-/m1/s1. The summed E-state index contributed by atoms with van der Waals surface area (Å²) in [5.41, 5.74) is 0. The number of rotatable bonds is 10. The quantitative estimate of drug-likeness (QED) is 0.236. The van der Waals surface area contributed by atoms with E-state index in [2.05, 4.69) is 6.58 Å². The molecule has 0 bridgehead atoms. The average Bonchev–Trinajstić information content (AvgIpc) is 2.58. The molecule has 1 aliphatic rings. The first-order chi connectivity index (χ1) is 12.8. The molecule has 1 heterocycles. The molecule has 1 aliphatic heterocycles. The average molecular weight is 388 g/mol. The third-order valence-electron chi connectivity index (χ3n) is 3.75. The smallest absolute Gasteiger partial charge is 0.303 e.